The standard InChI is InChI=1S/C9H14O6Si/c1-5(10)13-8(14-6(2)11)4-9(16)15-7(3)12/h4,9H,1-3,16H3. The van der Waals surface area contributed by atoms with Gasteiger partial charge in [-0.3, -0.25) is 14.4 Å². The fraction of sp³-hybridized carbons (Fsp3) is 0.444. The zero-order valence-electron chi connectivity index (χ0n) is 9.60. The lowest BCUT2D eigenvalue weighted by Gasteiger charge is -2.10. The second-order valence-corrected chi connectivity index (χ2v) is 4.13. The van der Waals surface area contributed by atoms with Crippen LogP contribution in [0.3, 0.4) is 0 Å². The summed E-state index contributed by atoms with van der Waals surface area (Å²) in [6.07, 6.45) is 1.27. The molecule has 0 heterocycles. The molecule has 0 aromatic heterocycles. The molecule has 0 amide bonds. The number of ether oxygens (including phenoxy) is 3. The molecule has 0 radical (unpaired) electrons. The third-order valence-corrected chi connectivity index (χ3v) is 1.78. The first-order chi connectivity index (χ1) is 7.31. The fourth-order valence-corrected chi connectivity index (χ4v) is 1.46. The van der Waals surface area contributed by atoms with Crippen LogP contribution < -0.4 is 0 Å². The van der Waals surface area contributed by atoms with Gasteiger partial charge in [-0.15, -0.1) is 0 Å². The van der Waals surface area contributed by atoms with Crippen LogP contribution in [0.4, 0.5) is 0 Å². The van der Waals surface area contributed by atoms with E-state index in [1.165, 1.54) is 26.8 Å². The topological polar surface area (TPSA) is 78.9 Å². The summed E-state index contributed by atoms with van der Waals surface area (Å²) in [5.74, 6) is -1.96. The van der Waals surface area contributed by atoms with Crippen LogP contribution in [-0.2, 0) is 28.6 Å². The van der Waals surface area contributed by atoms with Gasteiger partial charge in [-0.25, -0.2) is 0 Å². The summed E-state index contributed by atoms with van der Waals surface area (Å²) < 4.78 is 14.1. The minimum atomic E-state index is -0.621. The second kappa shape index (κ2) is 6.78. The molecule has 0 saturated heterocycles. The molecule has 7 heteroatoms. The van der Waals surface area contributed by atoms with Crippen LogP contribution in [0.5, 0.6) is 0 Å². The maximum absolute atomic E-state index is 10.7. The molecule has 0 aliphatic carbocycles. The number of rotatable bonds is 4. The Morgan fingerprint density at radius 1 is 1.00 bits per heavy atom. The minimum absolute atomic E-state index is 0.263. The lowest BCUT2D eigenvalue weighted by atomic mass is 10.6. The first-order valence-electron chi connectivity index (χ1n) is 4.57. The van der Waals surface area contributed by atoms with Gasteiger partial charge in [0.25, 0.3) is 5.95 Å². The predicted octanol–water partition coefficient (Wildman–Crippen LogP) is -0.791. The molecule has 0 rings (SSSR count). The Morgan fingerprint density at radius 3 is 1.75 bits per heavy atom. The zero-order chi connectivity index (χ0) is 12.7. The van der Waals surface area contributed by atoms with Crippen molar-refractivity contribution in [2.24, 2.45) is 0 Å². The Balaban J connectivity index is 4.58. The molecular formula is C9H14O6Si. The van der Waals surface area contributed by atoms with Gasteiger partial charge in [0.05, 0.1) is 10.2 Å². The van der Waals surface area contributed by atoms with Crippen molar-refractivity contribution in [1.29, 1.82) is 0 Å². The lowest BCUT2D eigenvalue weighted by molar-refractivity contribution is -0.151. The molecule has 16 heavy (non-hydrogen) atoms. The highest BCUT2D eigenvalue weighted by Gasteiger charge is 2.11. The number of carbonyl (C=O) groups is 3. The molecule has 1 atom stereocenters. The number of hydrogen-bond donors (Lipinski definition) is 0. The number of carbonyl (C=O) groups excluding carboxylic acids is 3. The molecular weight excluding hydrogens is 232 g/mol. The third kappa shape index (κ3) is 7.74. The molecule has 1 unspecified atom stereocenters. The van der Waals surface area contributed by atoms with Crippen LogP contribution in [0.15, 0.2) is 12.0 Å². The molecule has 0 fully saturated rings. The van der Waals surface area contributed by atoms with Gasteiger partial charge in [0.2, 0.25) is 0 Å². The van der Waals surface area contributed by atoms with Gasteiger partial charge in [0.15, 0.2) is 0 Å². The van der Waals surface area contributed by atoms with Crippen molar-refractivity contribution in [2.75, 3.05) is 0 Å². The second-order valence-electron chi connectivity index (χ2n) is 2.99. The van der Waals surface area contributed by atoms with Gasteiger partial charge in [0, 0.05) is 26.8 Å². The average Bonchev–Trinajstić information content (AvgIpc) is 1.97. The average molecular weight is 246 g/mol. The Morgan fingerprint density at radius 2 is 1.44 bits per heavy atom. The Labute approximate surface area is 96.0 Å². The highest BCUT2D eigenvalue weighted by molar-refractivity contribution is 6.13. The van der Waals surface area contributed by atoms with E-state index in [9.17, 15) is 14.4 Å². The van der Waals surface area contributed by atoms with Crippen LogP contribution in [0.2, 0.25) is 0 Å². The largest absolute Gasteiger partial charge is 0.463 e. The molecule has 0 aromatic rings. The highest BCUT2D eigenvalue weighted by Crippen LogP contribution is 2.04. The molecule has 0 aliphatic rings. The molecule has 0 saturated carbocycles. The Bertz CT molecular complexity index is 304. The molecule has 0 aliphatic heterocycles. The summed E-state index contributed by atoms with van der Waals surface area (Å²) >= 11 is 0. The van der Waals surface area contributed by atoms with Crippen molar-refractivity contribution >= 4 is 28.2 Å². The van der Waals surface area contributed by atoms with Gasteiger partial charge in [-0.05, 0) is 0 Å². The monoisotopic (exact) mass is 246 g/mol. The quantitative estimate of drug-likeness (QED) is 0.367. The van der Waals surface area contributed by atoms with Gasteiger partial charge < -0.3 is 14.2 Å². The summed E-state index contributed by atoms with van der Waals surface area (Å²) in [6.45, 7) is 3.60. The van der Waals surface area contributed by atoms with Crippen molar-refractivity contribution in [2.45, 2.75) is 26.5 Å². The van der Waals surface area contributed by atoms with Crippen LogP contribution in [-0.4, -0.2) is 33.9 Å². The van der Waals surface area contributed by atoms with E-state index < -0.39 is 23.6 Å². The third-order valence-electron chi connectivity index (χ3n) is 1.21. The Hall–Kier alpha value is -1.63. The molecule has 0 N–H and O–H groups in total. The van der Waals surface area contributed by atoms with Crippen molar-refractivity contribution in [3.63, 3.8) is 0 Å². The van der Waals surface area contributed by atoms with E-state index in [0.717, 1.165) is 0 Å². The normalized spacial score (nSPS) is 11.2. The van der Waals surface area contributed by atoms with E-state index in [-0.39, 0.29) is 5.95 Å². The predicted molar refractivity (Wildman–Crippen MR) is 57.1 cm³/mol. The summed E-state index contributed by atoms with van der Waals surface area (Å²) in [6, 6.07) is 0. The van der Waals surface area contributed by atoms with Crippen LogP contribution in [0, 0.1) is 0 Å². The zero-order valence-corrected chi connectivity index (χ0v) is 11.6. The maximum atomic E-state index is 10.7. The van der Waals surface area contributed by atoms with E-state index >= 15 is 0 Å². The van der Waals surface area contributed by atoms with Gasteiger partial charge in [0.1, 0.15) is 5.73 Å². The summed E-state index contributed by atoms with van der Waals surface area (Å²) in [7, 11) is 0.484. The molecule has 6 nitrogen and oxygen atoms in total. The van der Waals surface area contributed by atoms with Crippen molar-refractivity contribution in [1.82, 2.24) is 0 Å². The van der Waals surface area contributed by atoms with Crippen molar-refractivity contribution in [3.8, 4) is 0 Å². The lowest BCUT2D eigenvalue weighted by Crippen LogP contribution is -2.16. The number of hydrogen-bond acceptors (Lipinski definition) is 6. The van der Waals surface area contributed by atoms with E-state index in [1.807, 2.05) is 0 Å². The SMILES string of the molecule is CC(=O)OC(=CC([SiH3])OC(C)=O)OC(C)=O. The van der Waals surface area contributed by atoms with Gasteiger partial charge >= 0.3 is 17.9 Å². The van der Waals surface area contributed by atoms with Gasteiger partial charge in [-0.2, -0.15) is 0 Å². The molecule has 90 valence electrons. The summed E-state index contributed by atoms with van der Waals surface area (Å²) in [5, 5.41) is 0. The van der Waals surface area contributed by atoms with Gasteiger partial charge in [-0.1, -0.05) is 0 Å². The highest BCUT2D eigenvalue weighted by atomic mass is 28.1. The maximum Gasteiger partial charge on any atom is 0.310 e. The summed E-state index contributed by atoms with van der Waals surface area (Å²) in [4.78, 5) is 32.0. The summed E-state index contributed by atoms with van der Waals surface area (Å²) in [5.41, 5.74) is -0.522. The van der Waals surface area contributed by atoms with E-state index in [2.05, 4.69) is 9.47 Å². The van der Waals surface area contributed by atoms with Crippen LogP contribution in [0.25, 0.3) is 0 Å². The molecule has 0 bridgehead atoms. The van der Waals surface area contributed by atoms with E-state index in [0.29, 0.717) is 10.2 Å². The first kappa shape index (κ1) is 14.4. The van der Waals surface area contributed by atoms with Crippen molar-refractivity contribution in [3.05, 3.63) is 12.0 Å². The smallest absolute Gasteiger partial charge is 0.310 e. The molecule has 0 spiro atoms. The van der Waals surface area contributed by atoms with Crippen molar-refractivity contribution < 1.29 is 28.6 Å². The Kier molecular flexibility index (Phi) is 6.09. The fourth-order valence-electron chi connectivity index (χ4n) is 0.860. The minimum Gasteiger partial charge on any atom is -0.463 e. The number of esters is 3. The molecule has 0 aromatic carbocycles. The first-order valence-corrected chi connectivity index (χ1v) is 5.72. The van der Waals surface area contributed by atoms with Crippen LogP contribution >= 0.6 is 0 Å². The van der Waals surface area contributed by atoms with E-state index in [1.54, 1.807) is 0 Å². The van der Waals surface area contributed by atoms with E-state index in [4.69, 9.17) is 4.74 Å². The van der Waals surface area contributed by atoms with Crippen LogP contribution in [0.1, 0.15) is 20.8 Å².